The molecule has 2 N–H and O–H groups in total. The Bertz CT molecular complexity index is 357. The van der Waals surface area contributed by atoms with Gasteiger partial charge in [0.25, 0.3) is 0 Å². The summed E-state index contributed by atoms with van der Waals surface area (Å²) in [4.78, 5) is 10.3. The molecule has 1 aromatic rings. The molecule has 0 aliphatic carbocycles. The maximum atomic E-state index is 10.3. The van der Waals surface area contributed by atoms with Crippen molar-refractivity contribution in [2.24, 2.45) is 0 Å². The molecule has 15 heavy (non-hydrogen) atoms. The number of hydrogen-bond acceptors (Lipinski definition) is 3. The smallest absolute Gasteiger partial charge is 0.341 e. The lowest BCUT2D eigenvalue weighted by molar-refractivity contribution is -0.139. The Kier molecular flexibility index (Phi) is 4.38. The molecule has 0 radical (unpaired) electrons. The molecule has 82 valence electrons. The first-order valence-corrected chi connectivity index (χ1v) is 5.15. The SMILES string of the molecule is O=C(O)COc1c(Cl)cc(CO)cc1Br. The zero-order valence-corrected chi connectivity index (χ0v) is 9.88. The molecule has 1 aromatic carbocycles. The van der Waals surface area contributed by atoms with Gasteiger partial charge in [0.2, 0.25) is 0 Å². The van der Waals surface area contributed by atoms with Gasteiger partial charge in [0.05, 0.1) is 16.1 Å². The predicted molar refractivity (Wildman–Crippen MR) is 58.2 cm³/mol. The summed E-state index contributed by atoms with van der Waals surface area (Å²) in [5.74, 6) is -0.819. The van der Waals surface area contributed by atoms with Crippen molar-refractivity contribution in [3.8, 4) is 5.75 Å². The van der Waals surface area contributed by atoms with Crippen molar-refractivity contribution in [1.82, 2.24) is 0 Å². The van der Waals surface area contributed by atoms with Crippen LogP contribution >= 0.6 is 27.5 Å². The van der Waals surface area contributed by atoms with Gasteiger partial charge < -0.3 is 14.9 Å². The van der Waals surface area contributed by atoms with Gasteiger partial charge in [-0.15, -0.1) is 0 Å². The molecule has 0 aromatic heterocycles. The van der Waals surface area contributed by atoms with Crippen LogP contribution in [-0.4, -0.2) is 22.8 Å². The van der Waals surface area contributed by atoms with Gasteiger partial charge in [-0.1, -0.05) is 11.6 Å². The highest BCUT2D eigenvalue weighted by atomic mass is 79.9. The van der Waals surface area contributed by atoms with E-state index in [-0.39, 0.29) is 17.4 Å². The Hall–Kier alpha value is -0.780. The highest BCUT2D eigenvalue weighted by Crippen LogP contribution is 2.34. The second kappa shape index (κ2) is 5.34. The van der Waals surface area contributed by atoms with E-state index < -0.39 is 12.6 Å². The van der Waals surface area contributed by atoms with Gasteiger partial charge in [0.1, 0.15) is 0 Å². The number of aliphatic hydroxyl groups excluding tert-OH is 1. The minimum Gasteiger partial charge on any atom is -0.479 e. The second-order valence-corrected chi connectivity index (χ2v) is 3.99. The van der Waals surface area contributed by atoms with Crippen LogP contribution < -0.4 is 4.74 Å². The molecule has 0 bridgehead atoms. The third-order valence-electron chi connectivity index (χ3n) is 1.58. The molecular formula is C9H8BrClO4. The molecule has 0 unspecified atom stereocenters. The summed E-state index contributed by atoms with van der Waals surface area (Å²) in [5.41, 5.74) is 0.620. The van der Waals surface area contributed by atoms with E-state index in [1.165, 1.54) is 6.07 Å². The van der Waals surface area contributed by atoms with Gasteiger partial charge in [-0.25, -0.2) is 4.79 Å². The number of hydrogen-bond donors (Lipinski definition) is 2. The summed E-state index contributed by atoms with van der Waals surface area (Å²) in [5, 5.41) is 17.6. The van der Waals surface area contributed by atoms with Crippen molar-refractivity contribution in [2.75, 3.05) is 6.61 Å². The molecule has 0 saturated carbocycles. The Morgan fingerprint density at radius 2 is 2.20 bits per heavy atom. The van der Waals surface area contributed by atoms with E-state index in [1.807, 2.05) is 0 Å². The fourth-order valence-electron chi connectivity index (χ4n) is 0.975. The molecule has 0 saturated heterocycles. The summed E-state index contributed by atoms with van der Waals surface area (Å²) in [7, 11) is 0. The number of benzene rings is 1. The molecule has 0 aliphatic heterocycles. The van der Waals surface area contributed by atoms with Crippen molar-refractivity contribution in [1.29, 1.82) is 0 Å². The van der Waals surface area contributed by atoms with E-state index in [2.05, 4.69) is 15.9 Å². The molecule has 1 rings (SSSR count). The maximum absolute atomic E-state index is 10.3. The van der Waals surface area contributed by atoms with Crippen molar-refractivity contribution >= 4 is 33.5 Å². The predicted octanol–water partition coefficient (Wildman–Crippen LogP) is 2.06. The first-order valence-electron chi connectivity index (χ1n) is 3.98. The van der Waals surface area contributed by atoms with Crippen LogP contribution in [0.2, 0.25) is 5.02 Å². The highest BCUT2D eigenvalue weighted by molar-refractivity contribution is 9.10. The zero-order valence-electron chi connectivity index (χ0n) is 7.54. The lowest BCUT2D eigenvalue weighted by Crippen LogP contribution is -2.10. The summed E-state index contributed by atoms with van der Waals surface area (Å²) in [6, 6.07) is 3.13. The topological polar surface area (TPSA) is 66.8 Å². The standard InChI is InChI=1S/C9H8BrClO4/c10-6-1-5(3-12)2-7(11)9(6)15-4-8(13)14/h1-2,12H,3-4H2,(H,13,14). The van der Waals surface area contributed by atoms with E-state index in [0.717, 1.165) is 0 Å². The lowest BCUT2D eigenvalue weighted by Gasteiger charge is -2.09. The Labute approximate surface area is 99.6 Å². The molecule has 6 heteroatoms. The third-order valence-corrected chi connectivity index (χ3v) is 2.45. The lowest BCUT2D eigenvalue weighted by atomic mass is 10.2. The van der Waals surface area contributed by atoms with Gasteiger partial charge in [0.15, 0.2) is 12.4 Å². The minimum absolute atomic E-state index is 0.141. The van der Waals surface area contributed by atoms with Crippen LogP contribution in [0.3, 0.4) is 0 Å². The molecular weight excluding hydrogens is 287 g/mol. The first-order chi connectivity index (χ1) is 7.04. The monoisotopic (exact) mass is 294 g/mol. The van der Waals surface area contributed by atoms with Crippen LogP contribution in [0.5, 0.6) is 5.75 Å². The van der Waals surface area contributed by atoms with Crippen LogP contribution in [0.15, 0.2) is 16.6 Å². The molecule has 0 heterocycles. The van der Waals surface area contributed by atoms with Crippen LogP contribution in [-0.2, 0) is 11.4 Å². The fraction of sp³-hybridized carbons (Fsp3) is 0.222. The minimum atomic E-state index is -1.08. The Morgan fingerprint density at radius 1 is 1.53 bits per heavy atom. The van der Waals surface area contributed by atoms with E-state index in [9.17, 15) is 4.79 Å². The second-order valence-electron chi connectivity index (χ2n) is 2.73. The van der Waals surface area contributed by atoms with Gasteiger partial charge in [-0.05, 0) is 33.6 Å². The normalized spacial score (nSPS) is 10.1. The Balaban J connectivity index is 2.92. The molecule has 4 nitrogen and oxygen atoms in total. The number of rotatable bonds is 4. The highest BCUT2D eigenvalue weighted by Gasteiger charge is 2.10. The van der Waals surface area contributed by atoms with Gasteiger partial charge >= 0.3 is 5.97 Å². The quantitative estimate of drug-likeness (QED) is 0.892. The molecule has 0 fully saturated rings. The van der Waals surface area contributed by atoms with Gasteiger partial charge in [-0.2, -0.15) is 0 Å². The van der Waals surface area contributed by atoms with Gasteiger partial charge in [0, 0.05) is 0 Å². The van der Waals surface area contributed by atoms with Gasteiger partial charge in [-0.3, -0.25) is 0 Å². The van der Waals surface area contributed by atoms with Crippen molar-refractivity contribution in [3.05, 3.63) is 27.2 Å². The van der Waals surface area contributed by atoms with Crippen LogP contribution in [0.4, 0.5) is 0 Å². The molecule has 0 aliphatic rings. The average Bonchev–Trinajstić information content (AvgIpc) is 2.15. The van der Waals surface area contributed by atoms with Crippen LogP contribution in [0, 0.1) is 0 Å². The summed E-state index contributed by atoms with van der Waals surface area (Å²) < 4.78 is 5.48. The number of carboxylic acids is 1. The van der Waals surface area contributed by atoms with E-state index in [1.54, 1.807) is 6.07 Å². The van der Waals surface area contributed by atoms with Crippen LogP contribution in [0.25, 0.3) is 0 Å². The number of halogens is 2. The van der Waals surface area contributed by atoms with E-state index in [4.69, 9.17) is 26.6 Å². The number of aliphatic carboxylic acids is 1. The number of aliphatic hydroxyl groups is 1. The number of ether oxygens (including phenoxy) is 1. The fourth-order valence-corrected chi connectivity index (χ4v) is 2.01. The van der Waals surface area contributed by atoms with Crippen molar-refractivity contribution in [3.63, 3.8) is 0 Å². The van der Waals surface area contributed by atoms with Crippen molar-refractivity contribution < 1.29 is 19.7 Å². The van der Waals surface area contributed by atoms with E-state index in [0.29, 0.717) is 10.0 Å². The molecule has 0 amide bonds. The van der Waals surface area contributed by atoms with Crippen molar-refractivity contribution in [2.45, 2.75) is 6.61 Å². The summed E-state index contributed by atoms with van der Waals surface area (Å²) >= 11 is 9.01. The average molecular weight is 296 g/mol. The Morgan fingerprint density at radius 3 is 2.67 bits per heavy atom. The third kappa shape index (κ3) is 3.37. The summed E-state index contributed by atoms with van der Waals surface area (Å²) in [6.45, 7) is -0.603. The number of carbonyl (C=O) groups is 1. The zero-order chi connectivity index (χ0) is 11.4. The van der Waals surface area contributed by atoms with E-state index >= 15 is 0 Å². The maximum Gasteiger partial charge on any atom is 0.341 e. The largest absolute Gasteiger partial charge is 0.479 e. The molecule has 0 atom stereocenters. The number of carboxylic acid groups (broad SMARTS) is 1. The van der Waals surface area contributed by atoms with Crippen LogP contribution in [0.1, 0.15) is 5.56 Å². The molecule has 0 spiro atoms. The summed E-state index contributed by atoms with van der Waals surface area (Å²) in [6.07, 6.45) is 0. The first kappa shape index (κ1) is 12.3.